The molecule has 0 spiro atoms. The lowest BCUT2D eigenvalue weighted by molar-refractivity contribution is -0.953. The van der Waals surface area contributed by atoms with E-state index in [9.17, 15) is 14.7 Å². The molecule has 4 atom stereocenters. The van der Waals surface area contributed by atoms with Crippen molar-refractivity contribution in [1.29, 1.82) is 0 Å². The number of likely N-dealkylation sites (N-methyl/N-ethyl adjacent to an activating group) is 2. The summed E-state index contributed by atoms with van der Waals surface area (Å²) in [5.41, 5.74) is 2.34. The first-order valence-electron chi connectivity index (χ1n) is 11.9. The Hall–Kier alpha value is -3.39. The van der Waals surface area contributed by atoms with E-state index in [2.05, 4.69) is 10.6 Å². The topological polar surface area (TPSA) is 87.7 Å². The number of nitrogens with zero attached hydrogens (tertiary/aromatic N) is 1. The molecule has 0 aromatic heterocycles. The maximum atomic E-state index is 14.3. The number of hydrogen-bond acceptors (Lipinski definition) is 4. The number of aliphatic hydroxyl groups excluding tert-OH is 1. The van der Waals surface area contributed by atoms with Crippen LogP contribution in [0.5, 0.6) is 5.75 Å². The molecule has 3 aromatic carbocycles. The molecular formula is C28H29ClN3O4+. The second kappa shape index (κ2) is 8.92. The number of carbonyl (C=O) groups is 2. The highest BCUT2D eigenvalue weighted by Gasteiger charge is 2.68. The fraction of sp³-hybridized carbons (Fsp3) is 0.286. The molecule has 0 saturated carbocycles. The van der Waals surface area contributed by atoms with Crippen molar-refractivity contribution in [3.05, 3.63) is 82.9 Å². The number of amides is 2. The van der Waals surface area contributed by atoms with Gasteiger partial charge in [-0.15, -0.1) is 0 Å². The van der Waals surface area contributed by atoms with E-state index in [0.717, 1.165) is 11.1 Å². The summed E-state index contributed by atoms with van der Waals surface area (Å²) in [6, 6.07) is 20.2. The van der Waals surface area contributed by atoms with Crippen LogP contribution in [0.25, 0.3) is 11.1 Å². The van der Waals surface area contributed by atoms with Gasteiger partial charge in [-0.1, -0.05) is 48.0 Å². The lowest BCUT2D eigenvalue weighted by Gasteiger charge is -2.48. The molecule has 1 saturated heterocycles. The third kappa shape index (κ3) is 3.42. The van der Waals surface area contributed by atoms with E-state index in [1.54, 1.807) is 32.4 Å². The Labute approximate surface area is 215 Å². The normalized spacial score (nSPS) is 26.9. The smallest absolute Gasteiger partial charge is 0.295 e. The molecule has 186 valence electrons. The molecule has 5 rings (SSSR count). The number of aliphatic hydroxyl groups is 1. The van der Waals surface area contributed by atoms with Crippen LogP contribution >= 0.6 is 11.6 Å². The van der Waals surface area contributed by atoms with Gasteiger partial charge in [0, 0.05) is 18.5 Å². The Morgan fingerprint density at radius 2 is 1.86 bits per heavy atom. The summed E-state index contributed by atoms with van der Waals surface area (Å²) in [6.45, 7) is 0.191. The number of halogens is 1. The second-order valence-corrected chi connectivity index (χ2v) is 10.0. The molecule has 1 fully saturated rings. The van der Waals surface area contributed by atoms with Gasteiger partial charge in [0.05, 0.1) is 31.0 Å². The fourth-order valence-electron chi connectivity index (χ4n) is 6.14. The molecule has 36 heavy (non-hydrogen) atoms. The highest BCUT2D eigenvalue weighted by atomic mass is 35.5. The van der Waals surface area contributed by atoms with Crippen molar-refractivity contribution < 1.29 is 23.9 Å². The van der Waals surface area contributed by atoms with Gasteiger partial charge in [0.1, 0.15) is 18.4 Å². The first-order chi connectivity index (χ1) is 17.3. The standard InChI is InChI=1S/C28H28ClN3O4/c1-30-26(34)24-15-20(33)16-32(24,2)28(21-14-19(29)10-11-23(21)31-27(28)35)22-13-18(9-12-25(22)36-3)17-7-5-4-6-8-17/h4-14,20,24,33H,15-16H2,1-3H3,(H-,30,31,34,35)/p+1/t20-,24+,28?,32?/m1/s1. The molecule has 2 unspecified atom stereocenters. The largest absolute Gasteiger partial charge is 0.496 e. The van der Waals surface area contributed by atoms with Crippen molar-refractivity contribution >= 4 is 29.1 Å². The summed E-state index contributed by atoms with van der Waals surface area (Å²) in [7, 11) is 5.00. The number of likely N-dealkylation sites (tertiary alicyclic amines) is 1. The van der Waals surface area contributed by atoms with Gasteiger partial charge in [0.25, 0.3) is 11.8 Å². The molecule has 2 heterocycles. The third-order valence-corrected chi connectivity index (χ3v) is 7.97. The van der Waals surface area contributed by atoms with Crippen molar-refractivity contribution in [2.45, 2.75) is 24.1 Å². The van der Waals surface area contributed by atoms with E-state index in [-0.39, 0.29) is 29.3 Å². The van der Waals surface area contributed by atoms with E-state index >= 15 is 0 Å². The first-order valence-corrected chi connectivity index (χ1v) is 12.2. The molecule has 3 N–H and O–H groups in total. The lowest BCUT2D eigenvalue weighted by atomic mass is 9.78. The highest BCUT2D eigenvalue weighted by molar-refractivity contribution is 6.31. The van der Waals surface area contributed by atoms with E-state index in [1.165, 1.54) is 0 Å². The zero-order chi connectivity index (χ0) is 25.7. The molecule has 8 heteroatoms. The van der Waals surface area contributed by atoms with E-state index < -0.39 is 17.7 Å². The number of anilines is 1. The van der Waals surface area contributed by atoms with Gasteiger partial charge < -0.3 is 20.5 Å². The molecule has 2 aliphatic heterocycles. The summed E-state index contributed by atoms with van der Waals surface area (Å²) in [5.74, 6) is -0.0299. The lowest BCUT2D eigenvalue weighted by Crippen LogP contribution is -2.68. The van der Waals surface area contributed by atoms with Gasteiger partial charge in [0.2, 0.25) is 5.54 Å². The van der Waals surface area contributed by atoms with Crippen LogP contribution in [0.2, 0.25) is 5.02 Å². The van der Waals surface area contributed by atoms with Gasteiger partial charge in [-0.2, -0.15) is 0 Å². The Balaban J connectivity index is 1.88. The average Bonchev–Trinajstić information content (AvgIpc) is 3.36. The van der Waals surface area contributed by atoms with Crippen LogP contribution in [0.15, 0.2) is 66.7 Å². The predicted octanol–water partition coefficient (Wildman–Crippen LogP) is 3.54. The van der Waals surface area contributed by atoms with Gasteiger partial charge >= 0.3 is 0 Å². The van der Waals surface area contributed by atoms with E-state index in [0.29, 0.717) is 27.6 Å². The molecule has 3 aromatic rings. The van der Waals surface area contributed by atoms with Crippen LogP contribution in [-0.4, -0.2) is 61.3 Å². The van der Waals surface area contributed by atoms with Gasteiger partial charge in [-0.25, -0.2) is 0 Å². The third-order valence-electron chi connectivity index (χ3n) is 7.73. The second-order valence-electron chi connectivity index (χ2n) is 9.61. The number of fused-ring (bicyclic) bond motifs is 1. The van der Waals surface area contributed by atoms with E-state index in [1.807, 2.05) is 55.6 Å². The van der Waals surface area contributed by atoms with E-state index in [4.69, 9.17) is 16.3 Å². The van der Waals surface area contributed by atoms with Crippen LogP contribution in [0.4, 0.5) is 5.69 Å². The summed E-state index contributed by atoms with van der Waals surface area (Å²) in [6.07, 6.45) is -0.546. The minimum Gasteiger partial charge on any atom is -0.496 e. The van der Waals surface area contributed by atoms with Crippen molar-refractivity contribution in [2.24, 2.45) is 0 Å². The maximum Gasteiger partial charge on any atom is 0.295 e. The Morgan fingerprint density at radius 1 is 1.11 bits per heavy atom. The van der Waals surface area contributed by atoms with Crippen LogP contribution in [0.1, 0.15) is 17.5 Å². The molecule has 0 bridgehead atoms. The van der Waals surface area contributed by atoms with Crippen LogP contribution in [0.3, 0.4) is 0 Å². The van der Waals surface area contributed by atoms with Crippen molar-refractivity contribution in [3.8, 4) is 16.9 Å². The number of hydrogen-bond donors (Lipinski definition) is 3. The monoisotopic (exact) mass is 506 g/mol. The zero-order valence-electron chi connectivity index (χ0n) is 20.4. The Morgan fingerprint density at radius 3 is 2.56 bits per heavy atom. The number of quaternary nitrogens is 1. The maximum absolute atomic E-state index is 14.3. The highest BCUT2D eigenvalue weighted by Crippen LogP contribution is 2.55. The zero-order valence-corrected chi connectivity index (χ0v) is 21.2. The Kier molecular flexibility index (Phi) is 6.03. The molecule has 0 aliphatic carbocycles. The van der Waals surface area contributed by atoms with Gasteiger partial charge in [0.15, 0.2) is 6.04 Å². The van der Waals surface area contributed by atoms with Crippen molar-refractivity contribution in [1.82, 2.24) is 5.32 Å². The number of ether oxygens (including phenoxy) is 1. The summed E-state index contributed by atoms with van der Waals surface area (Å²) in [5, 5.41) is 17.1. The molecule has 7 nitrogen and oxygen atoms in total. The molecule has 2 amide bonds. The molecular weight excluding hydrogens is 478 g/mol. The molecule has 0 radical (unpaired) electrons. The average molecular weight is 507 g/mol. The van der Waals surface area contributed by atoms with Crippen LogP contribution in [-0.2, 0) is 15.1 Å². The summed E-state index contributed by atoms with van der Waals surface area (Å²) in [4.78, 5) is 27.5. The minimum atomic E-state index is -1.41. The summed E-state index contributed by atoms with van der Waals surface area (Å²) < 4.78 is 5.77. The Bertz CT molecular complexity index is 1350. The predicted molar refractivity (Wildman–Crippen MR) is 139 cm³/mol. The fourth-order valence-corrected chi connectivity index (χ4v) is 6.32. The SMILES string of the molecule is CNC(=O)[C@@H]1C[C@@H](O)C[N+]1(C)C1(c2cc(-c3ccccc3)ccc2OC)C(=O)Nc2ccc(Cl)cc21. The first kappa shape index (κ1) is 24.3. The van der Waals surface area contributed by atoms with Gasteiger partial charge in [-0.3, -0.25) is 14.1 Å². The number of carbonyl (C=O) groups excluding carboxylic acids is 2. The minimum absolute atomic E-state index is 0.0678. The number of nitrogens with one attached hydrogen (secondary N) is 2. The van der Waals surface area contributed by atoms with Crippen molar-refractivity contribution in [2.75, 3.05) is 33.1 Å². The van der Waals surface area contributed by atoms with Crippen LogP contribution in [0, 0.1) is 0 Å². The number of rotatable bonds is 5. The summed E-state index contributed by atoms with van der Waals surface area (Å²) >= 11 is 6.49. The van der Waals surface area contributed by atoms with Gasteiger partial charge in [-0.05, 0) is 41.5 Å². The number of benzene rings is 3. The van der Waals surface area contributed by atoms with Crippen molar-refractivity contribution in [3.63, 3.8) is 0 Å². The molecule has 2 aliphatic rings. The van der Waals surface area contributed by atoms with Crippen LogP contribution < -0.4 is 15.4 Å². The quantitative estimate of drug-likeness (QED) is 0.462. The number of methoxy groups -OCH3 is 1.